The van der Waals surface area contributed by atoms with E-state index >= 15 is 0 Å². The van der Waals surface area contributed by atoms with Crippen LogP contribution in [-0.4, -0.2) is 24.1 Å². The fourth-order valence-corrected chi connectivity index (χ4v) is 3.28. The van der Waals surface area contributed by atoms with E-state index in [-0.39, 0.29) is 5.91 Å². The average Bonchev–Trinajstić information content (AvgIpc) is 3.03. The lowest BCUT2D eigenvalue weighted by Crippen LogP contribution is -2.22. The molecule has 24 heavy (non-hydrogen) atoms. The largest absolute Gasteiger partial charge is 0.497 e. The molecule has 0 aliphatic heterocycles. The number of carbonyl (C=O) groups is 2. The summed E-state index contributed by atoms with van der Waals surface area (Å²) < 4.78 is 5.96. The molecule has 122 valence electrons. The molecule has 2 aromatic carbocycles. The quantitative estimate of drug-likeness (QED) is 0.744. The molecule has 1 amide bonds. The van der Waals surface area contributed by atoms with E-state index in [0.717, 1.165) is 15.6 Å². The lowest BCUT2D eigenvalue weighted by Gasteiger charge is -2.06. The molecule has 0 spiro atoms. The molecule has 5 nitrogen and oxygen atoms in total. The van der Waals surface area contributed by atoms with E-state index in [1.165, 1.54) is 11.3 Å². The Hall–Kier alpha value is -2.86. The number of carbonyl (C=O) groups excluding carboxylic acids is 1. The van der Waals surface area contributed by atoms with Gasteiger partial charge in [-0.25, -0.2) is 4.79 Å². The van der Waals surface area contributed by atoms with Crippen molar-refractivity contribution in [3.05, 3.63) is 64.5 Å². The van der Waals surface area contributed by atoms with Gasteiger partial charge in [-0.15, -0.1) is 11.3 Å². The number of nitrogens with one attached hydrogen (secondary N) is 1. The molecule has 0 saturated carbocycles. The summed E-state index contributed by atoms with van der Waals surface area (Å²) in [6.45, 7) is 0.376. The first-order valence-corrected chi connectivity index (χ1v) is 8.06. The third-order valence-corrected chi connectivity index (χ3v) is 4.69. The molecule has 3 rings (SSSR count). The van der Waals surface area contributed by atoms with Crippen LogP contribution in [0.3, 0.4) is 0 Å². The van der Waals surface area contributed by atoms with Gasteiger partial charge in [0, 0.05) is 16.8 Å². The molecule has 2 N–H and O–H groups in total. The molecule has 0 radical (unpaired) electrons. The SMILES string of the molecule is COc1ccc(C(=O)NCc2ccc3cc(C(=O)O)sc3c2)cc1. The smallest absolute Gasteiger partial charge is 0.345 e. The number of thiophene rings is 1. The topological polar surface area (TPSA) is 75.6 Å². The Balaban J connectivity index is 1.70. The van der Waals surface area contributed by atoms with E-state index in [2.05, 4.69) is 5.32 Å². The molecule has 0 bridgehead atoms. The summed E-state index contributed by atoms with van der Waals surface area (Å²) in [6.07, 6.45) is 0. The van der Waals surface area contributed by atoms with E-state index in [1.807, 2.05) is 18.2 Å². The molecule has 6 heteroatoms. The molecule has 0 saturated heterocycles. The van der Waals surface area contributed by atoms with Crippen LogP contribution in [0.2, 0.25) is 0 Å². The fourth-order valence-electron chi connectivity index (χ4n) is 2.32. The second-order valence-corrected chi connectivity index (χ2v) is 6.28. The maximum Gasteiger partial charge on any atom is 0.345 e. The number of aromatic carboxylic acids is 1. The molecule has 0 atom stereocenters. The molecule has 0 unspecified atom stereocenters. The highest BCUT2D eigenvalue weighted by Crippen LogP contribution is 2.26. The number of hydrogen-bond donors (Lipinski definition) is 2. The molecule has 0 aliphatic rings. The highest BCUT2D eigenvalue weighted by molar-refractivity contribution is 7.20. The maximum absolute atomic E-state index is 12.1. The van der Waals surface area contributed by atoms with Crippen LogP contribution < -0.4 is 10.1 Å². The Kier molecular flexibility index (Phi) is 4.48. The molecular formula is C18H15NO4S. The summed E-state index contributed by atoms with van der Waals surface area (Å²) in [4.78, 5) is 23.5. The van der Waals surface area contributed by atoms with Crippen molar-refractivity contribution in [2.45, 2.75) is 6.54 Å². The van der Waals surface area contributed by atoms with Gasteiger partial charge in [-0.1, -0.05) is 12.1 Å². The zero-order valence-corrected chi connectivity index (χ0v) is 13.7. The predicted molar refractivity (Wildman–Crippen MR) is 92.9 cm³/mol. The Morgan fingerprint density at radius 1 is 1.12 bits per heavy atom. The van der Waals surface area contributed by atoms with Gasteiger partial charge in [0.1, 0.15) is 10.6 Å². The summed E-state index contributed by atoms with van der Waals surface area (Å²) in [7, 11) is 1.57. The Morgan fingerprint density at radius 2 is 1.88 bits per heavy atom. The number of hydrogen-bond acceptors (Lipinski definition) is 4. The summed E-state index contributed by atoms with van der Waals surface area (Å²) in [5, 5.41) is 12.8. The number of ether oxygens (including phenoxy) is 1. The van der Waals surface area contributed by atoms with Crippen LogP contribution in [0.15, 0.2) is 48.5 Å². The first-order chi connectivity index (χ1) is 11.6. The van der Waals surface area contributed by atoms with E-state index in [0.29, 0.717) is 22.7 Å². The standard InChI is InChI=1S/C18H15NO4S/c1-23-14-6-4-12(5-7-14)17(20)19-10-11-2-3-13-9-16(18(21)22)24-15(13)8-11/h2-9H,10H2,1H3,(H,19,20)(H,21,22). The van der Waals surface area contributed by atoms with E-state index < -0.39 is 5.97 Å². The number of amides is 1. The summed E-state index contributed by atoms with van der Waals surface area (Å²) in [5.41, 5.74) is 1.48. The third kappa shape index (κ3) is 3.38. The molecule has 1 aromatic heterocycles. The van der Waals surface area contributed by atoms with Crippen LogP contribution in [0.4, 0.5) is 0 Å². The van der Waals surface area contributed by atoms with Gasteiger partial charge in [-0.2, -0.15) is 0 Å². The monoisotopic (exact) mass is 341 g/mol. The minimum atomic E-state index is -0.925. The first-order valence-electron chi connectivity index (χ1n) is 7.25. The summed E-state index contributed by atoms with van der Waals surface area (Å²) in [6, 6.07) is 14.2. The van der Waals surface area contributed by atoms with Gasteiger partial charge in [0.05, 0.1) is 7.11 Å². The van der Waals surface area contributed by atoms with Crippen LogP contribution in [0.5, 0.6) is 5.75 Å². The molecule has 0 fully saturated rings. The predicted octanol–water partition coefficient (Wildman–Crippen LogP) is 3.54. The number of rotatable bonds is 5. The summed E-state index contributed by atoms with van der Waals surface area (Å²) in [5.74, 6) is -0.398. The highest BCUT2D eigenvalue weighted by atomic mass is 32.1. The average molecular weight is 341 g/mol. The molecule has 1 heterocycles. The molecule has 0 aliphatic carbocycles. The van der Waals surface area contributed by atoms with Crippen molar-refractivity contribution in [2.24, 2.45) is 0 Å². The van der Waals surface area contributed by atoms with E-state index in [1.54, 1.807) is 37.4 Å². The van der Waals surface area contributed by atoms with E-state index in [4.69, 9.17) is 9.84 Å². The number of methoxy groups -OCH3 is 1. The van der Waals surface area contributed by atoms with Gasteiger partial charge in [0.25, 0.3) is 5.91 Å². The zero-order chi connectivity index (χ0) is 17.1. The minimum Gasteiger partial charge on any atom is -0.497 e. The molecule has 3 aromatic rings. The van der Waals surface area contributed by atoms with Gasteiger partial charge in [-0.3, -0.25) is 4.79 Å². The fraction of sp³-hybridized carbons (Fsp3) is 0.111. The molecular weight excluding hydrogens is 326 g/mol. The van der Waals surface area contributed by atoms with Crippen LogP contribution >= 0.6 is 11.3 Å². The highest BCUT2D eigenvalue weighted by Gasteiger charge is 2.09. The van der Waals surface area contributed by atoms with Crippen molar-refractivity contribution >= 4 is 33.3 Å². The van der Waals surface area contributed by atoms with Gasteiger partial charge in [0.15, 0.2) is 0 Å². The summed E-state index contributed by atoms with van der Waals surface area (Å²) >= 11 is 1.23. The van der Waals surface area contributed by atoms with Gasteiger partial charge in [-0.05, 0) is 47.3 Å². The van der Waals surface area contributed by atoms with Crippen LogP contribution in [0, 0.1) is 0 Å². The number of fused-ring (bicyclic) bond motifs is 1. The first kappa shape index (κ1) is 16.0. The van der Waals surface area contributed by atoms with Crippen LogP contribution in [0.1, 0.15) is 25.6 Å². The van der Waals surface area contributed by atoms with Crippen molar-refractivity contribution in [3.63, 3.8) is 0 Å². The van der Waals surface area contributed by atoms with Crippen molar-refractivity contribution in [1.82, 2.24) is 5.32 Å². The number of benzene rings is 2. The normalized spacial score (nSPS) is 10.5. The number of carboxylic acids is 1. The Bertz CT molecular complexity index is 899. The van der Waals surface area contributed by atoms with Crippen LogP contribution in [-0.2, 0) is 6.54 Å². The van der Waals surface area contributed by atoms with Gasteiger partial charge < -0.3 is 15.2 Å². The third-order valence-electron chi connectivity index (χ3n) is 3.60. The van der Waals surface area contributed by atoms with Crippen molar-refractivity contribution in [2.75, 3.05) is 7.11 Å². The lowest BCUT2D eigenvalue weighted by atomic mass is 10.1. The van der Waals surface area contributed by atoms with Gasteiger partial charge >= 0.3 is 5.97 Å². The van der Waals surface area contributed by atoms with Crippen LogP contribution in [0.25, 0.3) is 10.1 Å². The lowest BCUT2D eigenvalue weighted by molar-refractivity contribution is 0.0702. The maximum atomic E-state index is 12.1. The van der Waals surface area contributed by atoms with Gasteiger partial charge in [0.2, 0.25) is 0 Å². The van der Waals surface area contributed by atoms with Crippen molar-refractivity contribution in [1.29, 1.82) is 0 Å². The zero-order valence-electron chi connectivity index (χ0n) is 12.9. The van der Waals surface area contributed by atoms with Crippen molar-refractivity contribution < 1.29 is 19.4 Å². The second-order valence-electron chi connectivity index (χ2n) is 5.20. The van der Waals surface area contributed by atoms with Crippen molar-refractivity contribution in [3.8, 4) is 5.75 Å². The Labute approximate surface area is 142 Å². The second kappa shape index (κ2) is 6.72. The Morgan fingerprint density at radius 3 is 2.54 bits per heavy atom. The van der Waals surface area contributed by atoms with E-state index in [9.17, 15) is 9.59 Å². The number of carboxylic acid groups (broad SMARTS) is 1. The minimum absolute atomic E-state index is 0.171.